The maximum Gasteiger partial charge on any atom is 0.260 e. The second-order valence-corrected chi connectivity index (χ2v) is 7.27. The van der Waals surface area contributed by atoms with Gasteiger partial charge in [-0.25, -0.2) is 13.4 Å². The van der Waals surface area contributed by atoms with Crippen LogP contribution in [0.4, 0.5) is 0 Å². The topological polar surface area (TPSA) is 50.3 Å². The van der Waals surface area contributed by atoms with Crippen molar-refractivity contribution < 1.29 is 8.42 Å². The summed E-state index contributed by atoms with van der Waals surface area (Å²) in [5.74, 6) is 0.318. The molecule has 0 unspecified atom stereocenters. The molecule has 2 heterocycles. The summed E-state index contributed by atoms with van der Waals surface area (Å²) in [6.45, 7) is 0.346. The van der Waals surface area contributed by atoms with Gasteiger partial charge in [0.05, 0.1) is 0 Å². The fourth-order valence-corrected chi connectivity index (χ4v) is 3.56. The molecule has 2 rings (SSSR count). The minimum atomic E-state index is -3.55. The van der Waals surface area contributed by atoms with Crippen molar-refractivity contribution >= 4 is 33.0 Å². The van der Waals surface area contributed by atoms with Gasteiger partial charge >= 0.3 is 0 Å². The monoisotopic (exact) mass is 316 g/mol. The van der Waals surface area contributed by atoms with E-state index in [0.29, 0.717) is 12.4 Å². The van der Waals surface area contributed by atoms with Crippen molar-refractivity contribution in [3.63, 3.8) is 0 Å². The van der Waals surface area contributed by atoms with Gasteiger partial charge in [-0.3, -0.25) is 0 Å². The zero-order valence-electron chi connectivity index (χ0n) is 10.3. The zero-order valence-corrected chi connectivity index (χ0v) is 12.7. The Morgan fingerprint density at radius 1 is 1.37 bits per heavy atom. The number of nitrogens with zero attached hydrogens (tertiary/aromatic N) is 2. The fraction of sp³-hybridized carbons (Fsp3) is 0.250. The lowest BCUT2D eigenvalue weighted by Gasteiger charge is -2.15. The van der Waals surface area contributed by atoms with Crippen LogP contribution in [0.25, 0.3) is 0 Å². The third-order valence-electron chi connectivity index (χ3n) is 2.59. The summed E-state index contributed by atoms with van der Waals surface area (Å²) in [5.41, 5.74) is 0.793. The first kappa shape index (κ1) is 14.5. The number of thiophene rings is 1. The Labute approximate surface area is 121 Å². The smallest absolute Gasteiger partial charge is 0.243 e. The third kappa shape index (κ3) is 3.33. The predicted octanol–water partition coefficient (Wildman–Crippen LogP) is 2.70. The first-order valence-corrected chi connectivity index (χ1v) is 8.39. The van der Waals surface area contributed by atoms with Gasteiger partial charge in [0.2, 0.25) is 0 Å². The maximum atomic E-state index is 12.3. The summed E-state index contributed by atoms with van der Waals surface area (Å²) in [4.78, 5) is 4.95. The van der Waals surface area contributed by atoms with Gasteiger partial charge in [-0.05, 0) is 23.1 Å². The highest BCUT2D eigenvalue weighted by Gasteiger charge is 2.22. The van der Waals surface area contributed by atoms with E-state index < -0.39 is 10.0 Å². The van der Waals surface area contributed by atoms with Crippen molar-refractivity contribution in [1.29, 1.82) is 0 Å². The number of hydrogen-bond acceptors (Lipinski definition) is 4. The molecule has 0 spiro atoms. The normalized spacial score (nSPS) is 11.9. The van der Waals surface area contributed by atoms with Crippen LogP contribution in [0.15, 0.2) is 40.9 Å². The first-order valence-electron chi connectivity index (χ1n) is 5.53. The van der Waals surface area contributed by atoms with Gasteiger partial charge in [-0.2, -0.15) is 4.31 Å². The Hall–Kier alpha value is -0.950. The molecule has 0 amide bonds. The van der Waals surface area contributed by atoms with Crippen LogP contribution in [-0.4, -0.2) is 24.8 Å². The molecule has 0 aromatic carbocycles. The van der Waals surface area contributed by atoms with Crippen molar-refractivity contribution in [3.8, 4) is 0 Å². The third-order valence-corrected chi connectivity index (χ3v) is 5.47. The van der Waals surface area contributed by atoms with E-state index in [-0.39, 0.29) is 5.03 Å². The van der Waals surface area contributed by atoms with Crippen LogP contribution in [0.5, 0.6) is 0 Å². The van der Waals surface area contributed by atoms with Gasteiger partial charge in [0.1, 0.15) is 0 Å². The highest BCUT2D eigenvalue weighted by molar-refractivity contribution is 7.89. The molecule has 0 radical (unpaired) electrons. The van der Waals surface area contributed by atoms with Gasteiger partial charge in [0, 0.05) is 30.5 Å². The molecular weight excluding hydrogens is 304 g/mol. The van der Waals surface area contributed by atoms with Crippen LogP contribution in [-0.2, 0) is 22.4 Å². The van der Waals surface area contributed by atoms with E-state index in [1.54, 1.807) is 13.1 Å². The average Bonchev–Trinajstić information content (AvgIpc) is 2.91. The molecule has 4 nitrogen and oxygen atoms in total. The standard InChI is InChI=1S/C12H13ClN2O2S2/c1-15(9-11-3-2-6-18-11)19(16,17)12-5-4-10(7-13)8-14-12/h2-6,8H,7,9H2,1H3. The van der Waals surface area contributed by atoms with Crippen molar-refractivity contribution in [2.45, 2.75) is 17.5 Å². The van der Waals surface area contributed by atoms with Crippen molar-refractivity contribution in [3.05, 3.63) is 46.3 Å². The lowest BCUT2D eigenvalue weighted by molar-refractivity contribution is 0.466. The van der Waals surface area contributed by atoms with E-state index in [1.165, 1.54) is 27.9 Å². The van der Waals surface area contributed by atoms with Crippen LogP contribution < -0.4 is 0 Å². The predicted molar refractivity (Wildman–Crippen MR) is 76.8 cm³/mol. The maximum absolute atomic E-state index is 12.3. The second-order valence-electron chi connectivity index (χ2n) is 3.98. The Morgan fingerprint density at radius 3 is 2.68 bits per heavy atom. The van der Waals surface area contributed by atoms with Gasteiger partial charge in [-0.1, -0.05) is 12.1 Å². The fourth-order valence-electron chi connectivity index (χ4n) is 1.51. The lowest BCUT2D eigenvalue weighted by Crippen LogP contribution is -2.26. The molecule has 19 heavy (non-hydrogen) atoms. The summed E-state index contributed by atoms with van der Waals surface area (Å²) >= 11 is 7.18. The molecule has 2 aromatic heterocycles. The molecule has 0 saturated heterocycles. The molecule has 0 aliphatic carbocycles. The minimum Gasteiger partial charge on any atom is -0.243 e. The number of pyridine rings is 1. The van der Waals surface area contributed by atoms with Gasteiger partial charge in [0.15, 0.2) is 5.03 Å². The van der Waals surface area contributed by atoms with Crippen molar-refractivity contribution in [2.75, 3.05) is 7.05 Å². The number of aromatic nitrogens is 1. The number of sulfonamides is 1. The van der Waals surface area contributed by atoms with E-state index >= 15 is 0 Å². The molecule has 0 saturated carbocycles. The number of alkyl halides is 1. The lowest BCUT2D eigenvalue weighted by atomic mass is 10.3. The van der Waals surface area contributed by atoms with E-state index in [4.69, 9.17) is 11.6 Å². The van der Waals surface area contributed by atoms with E-state index in [0.717, 1.165) is 10.4 Å². The molecule has 7 heteroatoms. The highest BCUT2D eigenvalue weighted by atomic mass is 35.5. The zero-order chi connectivity index (χ0) is 13.9. The highest BCUT2D eigenvalue weighted by Crippen LogP contribution is 2.17. The molecule has 0 bridgehead atoms. The first-order chi connectivity index (χ1) is 9.04. The molecule has 0 aliphatic rings. The second kappa shape index (κ2) is 6.00. The van der Waals surface area contributed by atoms with Gasteiger partial charge < -0.3 is 0 Å². The molecule has 0 N–H and O–H groups in total. The molecule has 0 atom stereocenters. The van der Waals surface area contributed by atoms with Crippen LogP contribution >= 0.6 is 22.9 Å². The SMILES string of the molecule is CN(Cc1cccs1)S(=O)(=O)c1ccc(CCl)cn1. The van der Waals surface area contributed by atoms with Gasteiger partial charge in [-0.15, -0.1) is 22.9 Å². The molecule has 102 valence electrons. The number of hydrogen-bond donors (Lipinski definition) is 0. The molecule has 0 aliphatic heterocycles. The summed E-state index contributed by atoms with van der Waals surface area (Å²) in [7, 11) is -2.01. The molecule has 0 fully saturated rings. The number of halogens is 1. The molecular formula is C12H13ClN2O2S2. The summed E-state index contributed by atoms with van der Waals surface area (Å²) < 4.78 is 25.9. The van der Waals surface area contributed by atoms with Crippen molar-refractivity contribution in [2.24, 2.45) is 0 Å². The minimum absolute atomic E-state index is 0.0421. The summed E-state index contributed by atoms with van der Waals surface area (Å²) in [5, 5.41) is 1.96. The van der Waals surface area contributed by atoms with Crippen LogP contribution in [0.3, 0.4) is 0 Å². The van der Waals surface area contributed by atoms with E-state index in [2.05, 4.69) is 4.98 Å². The summed E-state index contributed by atoms with van der Waals surface area (Å²) in [6.07, 6.45) is 1.48. The quantitative estimate of drug-likeness (QED) is 0.797. The Bertz CT molecular complexity index is 624. The van der Waals surface area contributed by atoms with Crippen LogP contribution in [0, 0.1) is 0 Å². The summed E-state index contributed by atoms with van der Waals surface area (Å²) in [6, 6.07) is 6.96. The average molecular weight is 317 g/mol. The Kier molecular flexibility index (Phi) is 4.57. The largest absolute Gasteiger partial charge is 0.260 e. The Balaban J connectivity index is 2.20. The Morgan fingerprint density at radius 2 is 2.16 bits per heavy atom. The molecule has 2 aromatic rings. The van der Waals surface area contributed by atoms with E-state index in [9.17, 15) is 8.42 Å². The van der Waals surface area contributed by atoms with Crippen LogP contribution in [0.2, 0.25) is 0 Å². The van der Waals surface area contributed by atoms with Crippen molar-refractivity contribution in [1.82, 2.24) is 9.29 Å². The van der Waals surface area contributed by atoms with E-state index in [1.807, 2.05) is 17.5 Å². The van der Waals surface area contributed by atoms with Crippen LogP contribution in [0.1, 0.15) is 10.4 Å². The van der Waals surface area contributed by atoms with Gasteiger partial charge in [0.25, 0.3) is 10.0 Å². The number of rotatable bonds is 5.